The third kappa shape index (κ3) is 5.53. The van der Waals surface area contributed by atoms with E-state index in [9.17, 15) is 4.79 Å². The van der Waals surface area contributed by atoms with Crippen LogP contribution in [0.1, 0.15) is 46.5 Å². The zero-order chi connectivity index (χ0) is 14.3. The van der Waals surface area contributed by atoms with Crippen molar-refractivity contribution in [1.82, 2.24) is 4.90 Å². The molecule has 0 bridgehead atoms. The van der Waals surface area contributed by atoms with Crippen LogP contribution in [0.15, 0.2) is 0 Å². The Bertz CT molecular complexity index is 284. The highest BCUT2D eigenvalue weighted by Crippen LogP contribution is 2.22. The molecule has 1 atom stereocenters. The summed E-state index contributed by atoms with van der Waals surface area (Å²) in [6.07, 6.45) is 3.88. The molecular formula is C14H29NO3Si. The molecule has 0 saturated carbocycles. The van der Waals surface area contributed by atoms with Gasteiger partial charge in [0.05, 0.1) is 12.6 Å². The maximum atomic E-state index is 12.2. The molecule has 1 amide bonds. The first-order chi connectivity index (χ1) is 9.00. The summed E-state index contributed by atoms with van der Waals surface area (Å²) < 4.78 is 11.2. The molecule has 0 aromatic rings. The van der Waals surface area contributed by atoms with Gasteiger partial charge in [0.25, 0.3) is 0 Å². The maximum absolute atomic E-state index is 12.2. The van der Waals surface area contributed by atoms with Gasteiger partial charge in [-0.15, -0.1) is 0 Å². The number of hydrogen-bond donors (Lipinski definition) is 0. The molecule has 0 N–H and O–H groups in total. The van der Waals surface area contributed by atoms with Crippen LogP contribution in [0.4, 0.5) is 4.79 Å². The largest absolute Gasteiger partial charge is 0.443 e. The Balaban J connectivity index is 2.40. The Labute approximate surface area is 120 Å². The number of likely N-dealkylation sites (tertiary alicyclic amines) is 1. The molecule has 1 rings (SSSR count). The van der Waals surface area contributed by atoms with Crippen molar-refractivity contribution in [1.29, 1.82) is 0 Å². The molecule has 1 heterocycles. The van der Waals surface area contributed by atoms with E-state index in [4.69, 9.17) is 9.47 Å². The molecule has 0 aromatic heterocycles. The monoisotopic (exact) mass is 287 g/mol. The second-order valence-corrected chi connectivity index (χ2v) is 6.90. The van der Waals surface area contributed by atoms with E-state index in [1.807, 2.05) is 25.7 Å². The van der Waals surface area contributed by atoms with Crippen molar-refractivity contribution < 1.29 is 14.3 Å². The average Bonchev–Trinajstić information content (AvgIpc) is 2.82. The first-order valence-electron chi connectivity index (χ1n) is 7.57. The highest BCUT2D eigenvalue weighted by atomic mass is 28.1. The van der Waals surface area contributed by atoms with Gasteiger partial charge >= 0.3 is 6.09 Å². The van der Waals surface area contributed by atoms with E-state index in [0.717, 1.165) is 38.8 Å². The fourth-order valence-corrected chi connectivity index (χ4v) is 2.37. The van der Waals surface area contributed by atoms with Gasteiger partial charge in [0, 0.05) is 23.4 Å². The normalized spacial score (nSPS) is 19.9. The number of nitrogens with zero attached hydrogens (tertiary/aromatic N) is 1. The molecule has 112 valence electrons. The highest BCUT2D eigenvalue weighted by Gasteiger charge is 2.32. The lowest BCUT2D eigenvalue weighted by Crippen LogP contribution is -2.42. The molecule has 1 aliphatic rings. The van der Waals surface area contributed by atoms with E-state index in [2.05, 4.69) is 0 Å². The lowest BCUT2D eigenvalue weighted by molar-refractivity contribution is -0.000123. The SMILES string of the molecule is CCC(C)(C)OC(=O)N1CCCC1COCCC[SiH3]. The van der Waals surface area contributed by atoms with E-state index in [0.29, 0.717) is 6.61 Å². The molecule has 1 fully saturated rings. The summed E-state index contributed by atoms with van der Waals surface area (Å²) in [5, 5.41) is 0. The van der Waals surface area contributed by atoms with Crippen molar-refractivity contribution in [2.24, 2.45) is 0 Å². The first-order valence-corrected chi connectivity index (χ1v) is 8.99. The number of ether oxygens (including phenoxy) is 2. The lowest BCUT2D eigenvalue weighted by Gasteiger charge is -2.30. The van der Waals surface area contributed by atoms with E-state index >= 15 is 0 Å². The summed E-state index contributed by atoms with van der Waals surface area (Å²) >= 11 is 0. The zero-order valence-electron chi connectivity index (χ0n) is 12.9. The Morgan fingerprint density at radius 2 is 2.21 bits per heavy atom. The van der Waals surface area contributed by atoms with E-state index in [1.165, 1.54) is 16.3 Å². The van der Waals surface area contributed by atoms with Crippen molar-refractivity contribution in [3.8, 4) is 0 Å². The Kier molecular flexibility index (Phi) is 6.86. The fraction of sp³-hybridized carbons (Fsp3) is 0.929. The molecular weight excluding hydrogens is 258 g/mol. The van der Waals surface area contributed by atoms with Crippen LogP contribution in [0.5, 0.6) is 0 Å². The van der Waals surface area contributed by atoms with E-state index in [-0.39, 0.29) is 17.7 Å². The van der Waals surface area contributed by atoms with Crippen LogP contribution >= 0.6 is 0 Å². The second-order valence-electron chi connectivity index (χ2n) is 5.90. The van der Waals surface area contributed by atoms with Crippen molar-refractivity contribution in [3.05, 3.63) is 0 Å². The number of amides is 1. The van der Waals surface area contributed by atoms with Crippen molar-refractivity contribution in [3.63, 3.8) is 0 Å². The zero-order valence-corrected chi connectivity index (χ0v) is 14.9. The quantitative estimate of drug-likeness (QED) is 0.531. The third-order valence-electron chi connectivity index (χ3n) is 3.78. The summed E-state index contributed by atoms with van der Waals surface area (Å²) in [7, 11) is 1.24. The van der Waals surface area contributed by atoms with Crippen LogP contribution in [0.2, 0.25) is 6.04 Å². The highest BCUT2D eigenvalue weighted by molar-refractivity contribution is 6.08. The summed E-state index contributed by atoms with van der Waals surface area (Å²) in [6, 6.07) is 1.48. The predicted octanol–water partition coefficient (Wildman–Crippen LogP) is 1.97. The van der Waals surface area contributed by atoms with Crippen LogP contribution in [0, 0.1) is 0 Å². The third-order valence-corrected chi connectivity index (χ3v) is 4.49. The van der Waals surface area contributed by atoms with Gasteiger partial charge in [0.1, 0.15) is 5.60 Å². The topological polar surface area (TPSA) is 38.8 Å². The molecule has 5 heteroatoms. The summed E-state index contributed by atoms with van der Waals surface area (Å²) in [5.74, 6) is 0. The molecule has 0 aromatic carbocycles. The first kappa shape index (κ1) is 16.5. The average molecular weight is 287 g/mol. The van der Waals surface area contributed by atoms with Gasteiger partial charge in [-0.2, -0.15) is 0 Å². The summed E-state index contributed by atoms with van der Waals surface area (Å²) in [4.78, 5) is 14.0. The van der Waals surface area contributed by atoms with Crippen LogP contribution in [0.3, 0.4) is 0 Å². The van der Waals surface area contributed by atoms with Crippen LogP contribution in [0.25, 0.3) is 0 Å². The van der Waals surface area contributed by atoms with Crippen LogP contribution in [-0.2, 0) is 9.47 Å². The minimum Gasteiger partial charge on any atom is -0.443 e. The maximum Gasteiger partial charge on any atom is 0.410 e. The Morgan fingerprint density at radius 3 is 2.84 bits per heavy atom. The Hall–Kier alpha value is -0.553. The lowest BCUT2D eigenvalue weighted by atomic mass is 10.1. The number of hydrogen-bond acceptors (Lipinski definition) is 3. The minimum atomic E-state index is -0.377. The van der Waals surface area contributed by atoms with Crippen molar-refractivity contribution >= 4 is 16.3 Å². The van der Waals surface area contributed by atoms with E-state index in [1.54, 1.807) is 0 Å². The predicted molar refractivity (Wildman–Crippen MR) is 80.8 cm³/mol. The number of carbonyl (C=O) groups excluding carboxylic acids is 1. The standard InChI is InChI=1S/C14H29NO3Si/c1-4-14(2,3)18-13(16)15-8-5-7-12(15)11-17-9-6-10-19/h12H,4-11H2,1-3,19H3. The van der Waals surface area contributed by atoms with Gasteiger partial charge in [-0.3, -0.25) is 0 Å². The van der Waals surface area contributed by atoms with Crippen LogP contribution < -0.4 is 0 Å². The fourth-order valence-electron chi connectivity index (χ4n) is 2.08. The number of rotatable bonds is 7. The van der Waals surface area contributed by atoms with Gasteiger partial charge in [-0.05, 0) is 39.5 Å². The summed E-state index contributed by atoms with van der Waals surface area (Å²) in [6.45, 7) is 8.22. The van der Waals surface area contributed by atoms with Gasteiger partial charge in [-0.25, -0.2) is 4.79 Å². The van der Waals surface area contributed by atoms with Crippen LogP contribution in [-0.4, -0.2) is 52.6 Å². The molecule has 0 spiro atoms. The molecule has 1 saturated heterocycles. The smallest absolute Gasteiger partial charge is 0.410 e. The Morgan fingerprint density at radius 1 is 1.47 bits per heavy atom. The molecule has 1 aliphatic heterocycles. The van der Waals surface area contributed by atoms with Gasteiger partial charge in [-0.1, -0.05) is 13.0 Å². The summed E-state index contributed by atoms with van der Waals surface area (Å²) in [5.41, 5.74) is -0.377. The molecule has 0 aliphatic carbocycles. The van der Waals surface area contributed by atoms with Crippen molar-refractivity contribution in [2.45, 2.75) is 64.1 Å². The molecule has 4 nitrogen and oxygen atoms in total. The second kappa shape index (κ2) is 7.90. The van der Waals surface area contributed by atoms with Gasteiger partial charge < -0.3 is 14.4 Å². The molecule has 0 radical (unpaired) electrons. The molecule has 19 heavy (non-hydrogen) atoms. The van der Waals surface area contributed by atoms with E-state index < -0.39 is 0 Å². The minimum absolute atomic E-state index is 0.180. The van der Waals surface area contributed by atoms with Gasteiger partial charge in [0.15, 0.2) is 0 Å². The van der Waals surface area contributed by atoms with Gasteiger partial charge in [0.2, 0.25) is 0 Å². The van der Waals surface area contributed by atoms with Crippen molar-refractivity contribution in [2.75, 3.05) is 19.8 Å². The molecule has 1 unspecified atom stereocenters. The number of carbonyl (C=O) groups is 1.